The van der Waals surface area contributed by atoms with Crippen LogP contribution in [-0.4, -0.2) is 24.7 Å². The molecule has 0 amide bonds. The third-order valence-corrected chi connectivity index (χ3v) is 5.01. The summed E-state index contributed by atoms with van der Waals surface area (Å²) in [6.07, 6.45) is 3.09. The molecule has 0 saturated heterocycles. The number of carbonyl (C=O) groups is 1. The molecule has 3 nitrogen and oxygen atoms in total. The SMILES string of the molecule is Cc1cccc(N(CC(=O)c2ccc(Cl)c(Cl)c2)C2=NCCCC2)c1. The first-order valence-electron chi connectivity index (χ1n) is 8.40. The molecular weight excluding hydrogens is 355 g/mol. The van der Waals surface area contributed by atoms with Crippen molar-refractivity contribution in [2.24, 2.45) is 4.99 Å². The Hall–Kier alpha value is -1.84. The molecule has 0 bridgehead atoms. The number of carbonyl (C=O) groups excluding carboxylic acids is 1. The zero-order chi connectivity index (χ0) is 17.8. The molecule has 0 atom stereocenters. The van der Waals surface area contributed by atoms with E-state index in [2.05, 4.69) is 11.1 Å². The van der Waals surface area contributed by atoms with Gasteiger partial charge in [0.1, 0.15) is 5.84 Å². The van der Waals surface area contributed by atoms with Crippen molar-refractivity contribution in [3.63, 3.8) is 0 Å². The lowest BCUT2D eigenvalue weighted by Gasteiger charge is -2.28. The summed E-state index contributed by atoms with van der Waals surface area (Å²) in [5.41, 5.74) is 2.71. The predicted octanol–water partition coefficient (Wildman–Crippen LogP) is 5.57. The molecule has 5 heteroatoms. The Morgan fingerprint density at radius 3 is 2.64 bits per heavy atom. The number of nitrogens with zero attached hydrogens (tertiary/aromatic N) is 2. The van der Waals surface area contributed by atoms with Crippen LogP contribution in [0.25, 0.3) is 0 Å². The second-order valence-electron chi connectivity index (χ2n) is 6.23. The number of aryl methyl sites for hydroxylation is 1. The van der Waals surface area contributed by atoms with Gasteiger partial charge in [0.15, 0.2) is 5.78 Å². The number of benzene rings is 2. The van der Waals surface area contributed by atoms with Crippen molar-refractivity contribution in [1.29, 1.82) is 0 Å². The maximum Gasteiger partial charge on any atom is 0.182 e. The maximum absolute atomic E-state index is 12.8. The highest BCUT2D eigenvalue weighted by molar-refractivity contribution is 6.42. The van der Waals surface area contributed by atoms with Gasteiger partial charge in [-0.15, -0.1) is 0 Å². The molecule has 0 saturated carbocycles. The van der Waals surface area contributed by atoms with Crippen LogP contribution in [0.4, 0.5) is 5.69 Å². The van der Waals surface area contributed by atoms with Crippen LogP contribution in [0.5, 0.6) is 0 Å². The third kappa shape index (κ3) is 4.42. The zero-order valence-corrected chi connectivity index (χ0v) is 15.6. The summed E-state index contributed by atoms with van der Waals surface area (Å²) in [4.78, 5) is 19.5. The van der Waals surface area contributed by atoms with Crippen LogP contribution >= 0.6 is 23.2 Å². The van der Waals surface area contributed by atoms with Crippen LogP contribution in [0.15, 0.2) is 47.5 Å². The smallest absolute Gasteiger partial charge is 0.182 e. The van der Waals surface area contributed by atoms with Gasteiger partial charge in [-0.2, -0.15) is 0 Å². The van der Waals surface area contributed by atoms with Crippen LogP contribution in [-0.2, 0) is 0 Å². The Balaban J connectivity index is 1.90. The lowest BCUT2D eigenvalue weighted by molar-refractivity contribution is 0.100. The van der Waals surface area contributed by atoms with E-state index in [-0.39, 0.29) is 12.3 Å². The first-order chi connectivity index (χ1) is 12.0. The van der Waals surface area contributed by atoms with Gasteiger partial charge in [-0.05, 0) is 55.7 Å². The molecule has 0 spiro atoms. The number of hydrogen-bond acceptors (Lipinski definition) is 3. The Bertz CT molecular complexity index is 817. The molecule has 25 heavy (non-hydrogen) atoms. The van der Waals surface area contributed by atoms with Crippen molar-refractivity contribution in [3.05, 3.63) is 63.6 Å². The Morgan fingerprint density at radius 1 is 1.12 bits per heavy atom. The van der Waals surface area contributed by atoms with Crippen molar-refractivity contribution >= 4 is 40.5 Å². The number of amidine groups is 1. The normalized spacial score (nSPS) is 14.1. The first kappa shape index (κ1) is 18.0. The van der Waals surface area contributed by atoms with Gasteiger partial charge in [0.25, 0.3) is 0 Å². The molecule has 0 aromatic heterocycles. The molecule has 0 unspecified atom stereocenters. The largest absolute Gasteiger partial charge is 0.322 e. The van der Waals surface area contributed by atoms with Gasteiger partial charge < -0.3 is 4.90 Å². The fourth-order valence-electron chi connectivity index (χ4n) is 2.93. The van der Waals surface area contributed by atoms with Crippen molar-refractivity contribution in [2.75, 3.05) is 18.0 Å². The van der Waals surface area contributed by atoms with E-state index >= 15 is 0 Å². The highest BCUT2D eigenvalue weighted by Crippen LogP contribution is 2.24. The standard InChI is InChI=1S/C20H20Cl2N2O/c1-14-5-4-6-16(11-14)24(20-7-2-3-10-23-20)13-19(25)15-8-9-17(21)18(22)12-15/h4-6,8-9,11-12H,2-3,7,10,13H2,1H3. The van der Waals surface area contributed by atoms with Gasteiger partial charge in [0.2, 0.25) is 0 Å². The molecule has 0 radical (unpaired) electrons. The quantitative estimate of drug-likeness (QED) is 0.654. The maximum atomic E-state index is 12.8. The van der Waals surface area contributed by atoms with E-state index in [0.717, 1.165) is 42.9 Å². The minimum atomic E-state index is -0.00616. The minimum absolute atomic E-state index is 0.00616. The Kier molecular flexibility index (Phi) is 5.77. The summed E-state index contributed by atoms with van der Waals surface area (Å²) in [7, 11) is 0. The molecule has 0 fully saturated rings. The van der Waals surface area contributed by atoms with E-state index in [9.17, 15) is 4.79 Å². The van der Waals surface area contributed by atoms with E-state index in [4.69, 9.17) is 23.2 Å². The van der Waals surface area contributed by atoms with E-state index in [0.29, 0.717) is 15.6 Å². The van der Waals surface area contributed by atoms with E-state index < -0.39 is 0 Å². The number of ketones is 1. The van der Waals surface area contributed by atoms with Gasteiger partial charge >= 0.3 is 0 Å². The van der Waals surface area contributed by atoms with Crippen molar-refractivity contribution in [3.8, 4) is 0 Å². The van der Waals surface area contributed by atoms with Gasteiger partial charge in [-0.25, -0.2) is 0 Å². The van der Waals surface area contributed by atoms with Crippen LogP contribution in [0.1, 0.15) is 35.2 Å². The van der Waals surface area contributed by atoms with Crippen molar-refractivity contribution in [1.82, 2.24) is 0 Å². The van der Waals surface area contributed by atoms with Crippen molar-refractivity contribution < 1.29 is 4.79 Å². The third-order valence-electron chi connectivity index (χ3n) is 4.27. The molecule has 3 rings (SSSR count). The zero-order valence-electron chi connectivity index (χ0n) is 14.1. The topological polar surface area (TPSA) is 32.7 Å². The molecule has 1 aliphatic rings. The molecular formula is C20H20Cl2N2O. The van der Waals surface area contributed by atoms with Gasteiger partial charge in [-0.1, -0.05) is 35.3 Å². The molecule has 2 aromatic carbocycles. The Labute approximate surface area is 158 Å². The second kappa shape index (κ2) is 8.03. The number of Topliss-reactive ketones (excluding diaryl/α,β-unsaturated/α-hetero) is 1. The number of hydrogen-bond donors (Lipinski definition) is 0. The minimum Gasteiger partial charge on any atom is -0.322 e. The molecule has 1 aliphatic heterocycles. The first-order valence-corrected chi connectivity index (χ1v) is 9.16. The molecule has 1 heterocycles. The van der Waals surface area contributed by atoms with Crippen LogP contribution < -0.4 is 4.90 Å². The number of anilines is 1. The van der Waals surface area contributed by atoms with E-state index in [1.165, 1.54) is 0 Å². The highest BCUT2D eigenvalue weighted by atomic mass is 35.5. The monoisotopic (exact) mass is 374 g/mol. The summed E-state index contributed by atoms with van der Waals surface area (Å²) in [5, 5.41) is 0.843. The molecule has 2 aromatic rings. The number of halogens is 2. The van der Waals surface area contributed by atoms with Crippen LogP contribution in [0.3, 0.4) is 0 Å². The highest BCUT2D eigenvalue weighted by Gasteiger charge is 2.20. The fourth-order valence-corrected chi connectivity index (χ4v) is 3.23. The number of aliphatic imine (C=N–C) groups is 1. The van der Waals surface area contributed by atoms with Gasteiger partial charge in [0, 0.05) is 24.2 Å². The number of rotatable bonds is 4. The lowest BCUT2D eigenvalue weighted by atomic mass is 10.1. The average molecular weight is 375 g/mol. The van der Waals surface area contributed by atoms with E-state index in [1.54, 1.807) is 18.2 Å². The second-order valence-corrected chi connectivity index (χ2v) is 7.05. The Morgan fingerprint density at radius 2 is 1.96 bits per heavy atom. The van der Waals surface area contributed by atoms with Gasteiger partial charge in [-0.3, -0.25) is 9.79 Å². The van der Waals surface area contributed by atoms with Crippen molar-refractivity contribution in [2.45, 2.75) is 26.2 Å². The molecule has 0 aliphatic carbocycles. The fraction of sp³-hybridized carbons (Fsp3) is 0.300. The average Bonchev–Trinajstić information content (AvgIpc) is 2.62. The molecule has 0 N–H and O–H groups in total. The van der Waals surface area contributed by atoms with Crippen LogP contribution in [0, 0.1) is 6.92 Å². The summed E-state index contributed by atoms with van der Waals surface area (Å²) in [6, 6.07) is 13.2. The molecule has 130 valence electrons. The van der Waals surface area contributed by atoms with Gasteiger partial charge in [0.05, 0.1) is 16.6 Å². The summed E-state index contributed by atoms with van der Waals surface area (Å²) in [6.45, 7) is 3.10. The van der Waals surface area contributed by atoms with E-state index in [1.807, 2.05) is 30.0 Å². The lowest BCUT2D eigenvalue weighted by Crippen LogP contribution is -2.37. The predicted molar refractivity (Wildman–Crippen MR) is 105 cm³/mol. The van der Waals surface area contributed by atoms with Crippen LogP contribution in [0.2, 0.25) is 10.0 Å². The summed E-state index contributed by atoms with van der Waals surface area (Å²) >= 11 is 12.0. The summed E-state index contributed by atoms with van der Waals surface area (Å²) < 4.78 is 0. The summed E-state index contributed by atoms with van der Waals surface area (Å²) in [5.74, 6) is 0.971.